The Hall–Kier alpha value is -3.21. The van der Waals surface area contributed by atoms with Gasteiger partial charge in [-0.25, -0.2) is 19.0 Å². The average molecular weight is 588 g/mol. The molecule has 1 N–H and O–H groups in total. The van der Waals surface area contributed by atoms with Crippen LogP contribution in [0.15, 0.2) is 34.9 Å². The molecule has 200 valence electrons. The van der Waals surface area contributed by atoms with E-state index in [0.717, 1.165) is 25.3 Å². The minimum atomic E-state index is -1.19. The van der Waals surface area contributed by atoms with Crippen LogP contribution >= 0.6 is 34.5 Å². The Morgan fingerprint density at radius 1 is 1.18 bits per heavy atom. The predicted octanol–water partition coefficient (Wildman–Crippen LogP) is 6.80. The van der Waals surface area contributed by atoms with Gasteiger partial charge in [-0.2, -0.15) is 0 Å². The number of esters is 1. The van der Waals surface area contributed by atoms with E-state index in [4.69, 9.17) is 32.5 Å². The molecule has 8 nitrogen and oxygen atoms in total. The summed E-state index contributed by atoms with van der Waals surface area (Å²) in [5, 5.41) is 14.8. The van der Waals surface area contributed by atoms with Crippen LogP contribution in [0.5, 0.6) is 0 Å². The Labute approximate surface area is 235 Å². The molecule has 2 aromatic heterocycles. The molecule has 0 spiro atoms. The number of benzene rings is 2. The number of rotatable bonds is 6. The molecule has 3 aliphatic rings. The summed E-state index contributed by atoms with van der Waals surface area (Å²) in [5.74, 6) is -1.65. The molecule has 39 heavy (non-hydrogen) atoms. The maximum atomic E-state index is 14.5. The fourth-order valence-electron chi connectivity index (χ4n) is 5.72. The van der Waals surface area contributed by atoms with Gasteiger partial charge in [0, 0.05) is 36.4 Å². The van der Waals surface area contributed by atoms with E-state index in [2.05, 4.69) is 15.0 Å². The molecule has 4 aromatic rings. The van der Waals surface area contributed by atoms with E-state index < -0.39 is 17.8 Å². The molecule has 0 amide bonds. The maximum absolute atomic E-state index is 14.5. The van der Waals surface area contributed by atoms with Crippen molar-refractivity contribution in [2.45, 2.75) is 43.7 Å². The Balaban J connectivity index is 1.12. The van der Waals surface area contributed by atoms with E-state index in [1.807, 2.05) is 0 Å². The van der Waals surface area contributed by atoms with E-state index >= 15 is 0 Å². The number of halogens is 3. The molecule has 12 heteroatoms. The summed E-state index contributed by atoms with van der Waals surface area (Å²) in [5.41, 5.74) is 1.07. The van der Waals surface area contributed by atoms with Crippen molar-refractivity contribution >= 4 is 61.8 Å². The molecule has 1 saturated heterocycles. The van der Waals surface area contributed by atoms with Crippen LogP contribution in [0.3, 0.4) is 0 Å². The van der Waals surface area contributed by atoms with E-state index in [1.165, 1.54) is 17.4 Å². The number of thiazole rings is 1. The number of carbonyl (C=O) groups excluding carboxylic acids is 1. The normalized spacial score (nSPS) is 22.1. The van der Waals surface area contributed by atoms with Crippen molar-refractivity contribution in [1.29, 1.82) is 0 Å². The molecule has 0 radical (unpaired) electrons. The molecule has 2 aliphatic carbocycles. The summed E-state index contributed by atoms with van der Waals surface area (Å²) in [4.78, 5) is 31.5. The van der Waals surface area contributed by atoms with Crippen LogP contribution in [-0.2, 0) is 4.74 Å². The third kappa shape index (κ3) is 4.16. The predicted molar refractivity (Wildman–Crippen MR) is 144 cm³/mol. The first kappa shape index (κ1) is 24.8. The number of piperidine rings is 1. The molecule has 2 aromatic carbocycles. The van der Waals surface area contributed by atoms with E-state index in [9.17, 15) is 19.1 Å². The molecule has 2 saturated carbocycles. The van der Waals surface area contributed by atoms with Gasteiger partial charge < -0.3 is 19.3 Å². The quantitative estimate of drug-likeness (QED) is 0.245. The van der Waals surface area contributed by atoms with Gasteiger partial charge in [-0.3, -0.25) is 0 Å². The number of fused-ring (bicyclic) bond motifs is 3. The zero-order chi connectivity index (χ0) is 27.0. The minimum absolute atomic E-state index is 0.0678. The number of hydrogen-bond donors (Lipinski definition) is 1. The van der Waals surface area contributed by atoms with Crippen LogP contribution in [0.1, 0.15) is 58.1 Å². The highest BCUT2D eigenvalue weighted by Crippen LogP contribution is 2.48. The molecule has 3 fully saturated rings. The lowest BCUT2D eigenvalue weighted by molar-refractivity contribution is 0.0191. The fourth-order valence-corrected chi connectivity index (χ4v) is 7.40. The number of carboxylic acids is 1. The molecular weight excluding hydrogens is 568 g/mol. The van der Waals surface area contributed by atoms with E-state index in [0.29, 0.717) is 49.9 Å². The smallest absolute Gasteiger partial charge is 0.344 e. The Morgan fingerprint density at radius 3 is 2.62 bits per heavy atom. The van der Waals surface area contributed by atoms with Crippen LogP contribution < -0.4 is 4.90 Å². The van der Waals surface area contributed by atoms with Crippen LogP contribution in [0.2, 0.25) is 10.0 Å². The van der Waals surface area contributed by atoms with Gasteiger partial charge in [-0.1, -0.05) is 45.8 Å². The standard InChI is InChI=1S/C27H20Cl2FN3O5S/c28-15-2-1-3-16(29)20(15)23-21(24(38-32-23)11-4-5-11)26(36)37-18-9-14-6-13(18)10-33(14)27-31-22-17(30)7-12(25(34)35)8-19(22)39-27/h1-3,7-8,11,13-14,18H,4-6,9-10H2,(H,34,35)/t13-,14-,18-/m1/s1. The molecule has 7 rings (SSSR count). The van der Waals surface area contributed by atoms with Gasteiger partial charge in [0.15, 0.2) is 16.7 Å². The van der Waals surface area contributed by atoms with Crippen LogP contribution in [0.4, 0.5) is 9.52 Å². The largest absolute Gasteiger partial charge is 0.478 e. The van der Waals surface area contributed by atoms with Crippen molar-refractivity contribution in [2.24, 2.45) is 5.92 Å². The highest BCUT2D eigenvalue weighted by molar-refractivity contribution is 7.22. The summed E-state index contributed by atoms with van der Waals surface area (Å²) in [6.45, 7) is 0.595. The van der Waals surface area contributed by atoms with Crippen molar-refractivity contribution in [3.05, 3.63) is 63.1 Å². The number of aromatic nitrogens is 2. The van der Waals surface area contributed by atoms with Gasteiger partial charge in [0.05, 0.1) is 20.3 Å². The Morgan fingerprint density at radius 2 is 1.95 bits per heavy atom. The lowest BCUT2D eigenvalue weighted by Gasteiger charge is -2.31. The third-order valence-electron chi connectivity index (χ3n) is 7.74. The molecule has 0 unspecified atom stereocenters. The van der Waals surface area contributed by atoms with Gasteiger partial charge in [-0.05, 0) is 43.5 Å². The van der Waals surface area contributed by atoms with Crippen LogP contribution in [-0.4, -0.2) is 45.9 Å². The van der Waals surface area contributed by atoms with Crippen molar-refractivity contribution in [3.8, 4) is 11.3 Å². The molecule has 3 atom stereocenters. The van der Waals surface area contributed by atoms with Gasteiger partial charge in [-0.15, -0.1) is 0 Å². The average Bonchev–Trinajstić information content (AvgIpc) is 3.23. The summed E-state index contributed by atoms with van der Waals surface area (Å²) in [6.07, 6.45) is 2.91. The second kappa shape index (κ2) is 9.18. The first-order valence-electron chi connectivity index (χ1n) is 12.5. The highest BCUT2D eigenvalue weighted by Gasteiger charge is 2.48. The van der Waals surface area contributed by atoms with Crippen molar-refractivity contribution in [2.75, 3.05) is 11.4 Å². The Kier molecular flexibility index (Phi) is 5.84. The zero-order valence-electron chi connectivity index (χ0n) is 20.2. The first-order valence-corrected chi connectivity index (χ1v) is 14.1. The lowest BCUT2D eigenvalue weighted by Crippen LogP contribution is -2.39. The monoisotopic (exact) mass is 587 g/mol. The number of hydrogen-bond acceptors (Lipinski definition) is 8. The summed E-state index contributed by atoms with van der Waals surface area (Å²) in [6, 6.07) is 7.59. The van der Waals surface area contributed by atoms with Crippen molar-refractivity contribution in [1.82, 2.24) is 10.1 Å². The first-order chi connectivity index (χ1) is 18.8. The molecule has 1 aliphatic heterocycles. The molecule has 3 heterocycles. The minimum Gasteiger partial charge on any atom is -0.478 e. The van der Waals surface area contributed by atoms with Crippen molar-refractivity contribution < 1.29 is 28.3 Å². The van der Waals surface area contributed by atoms with Crippen LogP contribution in [0.25, 0.3) is 21.5 Å². The summed E-state index contributed by atoms with van der Waals surface area (Å²) in [7, 11) is 0. The number of aromatic carboxylic acids is 1. The number of ether oxygens (including phenoxy) is 1. The van der Waals surface area contributed by atoms with Gasteiger partial charge in [0.2, 0.25) is 0 Å². The fraction of sp³-hybridized carbons (Fsp3) is 0.333. The number of carboxylic acid groups (broad SMARTS) is 1. The highest BCUT2D eigenvalue weighted by atomic mass is 35.5. The third-order valence-corrected chi connectivity index (χ3v) is 9.40. The lowest BCUT2D eigenvalue weighted by atomic mass is 10.0. The van der Waals surface area contributed by atoms with E-state index in [-0.39, 0.29) is 40.6 Å². The van der Waals surface area contributed by atoms with Gasteiger partial charge in [0.25, 0.3) is 0 Å². The zero-order valence-corrected chi connectivity index (χ0v) is 22.5. The maximum Gasteiger partial charge on any atom is 0.344 e. The second-order valence-corrected chi connectivity index (χ2v) is 12.1. The van der Waals surface area contributed by atoms with E-state index in [1.54, 1.807) is 18.2 Å². The Bertz CT molecular complexity index is 1650. The number of anilines is 1. The second-order valence-electron chi connectivity index (χ2n) is 10.2. The van der Waals surface area contributed by atoms with Gasteiger partial charge in [0.1, 0.15) is 22.9 Å². The number of carbonyl (C=O) groups is 2. The SMILES string of the molecule is O=C(O)c1cc(F)c2nc(N3C[C@H]4C[C@@H]3C[C@H]4OC(=O)c3c(-c4c(Cl)cccc4Cl)noc3C3CC3)sc2c1. The van der Waals surface area contributed by atoms with Crippen molar-refractivity contribution in [3.63, 3.8) is 0 Å². The molecular formula is C27H20Cl2FN3O5S. The summed E-state index contributed by atoms with van der Waals surface area (Å²) < 4.78 is 26.7. The van der Waals surface area contributed by atoms with Crippen LogP contribution in [0, 0.1) is 11.7 Å². The number of nitrogens with zero attached hydrogens (tertiary/aromatic N) is 3. The van der Waals surface area contributed by atoms with Gasteiger partial charge >= 0.3 is 11.9 Å². The topological polar surface area (TPSA) is 106 Å². The molecule has 2 bridgehead atoms. The summed E-state index contributed by atoms with van der Waals surface area (Å²) >= 11 is 14.1.